The second kappa shape index (κ2) is 6.31. The van der Waals surface area contributed by atoms with E-state index in [0.717, 1.165) is 35.5 Å². The van der Waals surface area contributed by atoms with Crippen molar-refractivity contribution in [2.45, 2.75) is 105 Å². The number of fused-ring (bicyclic) bond motifs is 4. The Hall–Kier alpha value is 0. The third-order valence-electron chi connectivity index (χ3n) is 10.1. The van der Waals surface area contributed by atoms with Crippen molar-refractivity contribution in [1.82, 2.24) is 0 Å². The Kier molecular flexibility index (Phi) is 4.58. The van der Waals surface area contributed by atoms with Gasteiger partial charge in [0.2, 0.25) is 0 Å². The second-order valence-electron chi connectivity index (χ2n) is 11.1. The van der Waals surface area contributed by atoms with Gasteiger partial charge in [0.05, 0.1) is 0 Å². The SMILES string of the molecule is CC[C@@H](C)CC1CC[C@@H]2CC3CC[C@@H]4CCCC[C@]4(C)C3C[C@]12C. The van der Waals surface area contributed by atoms with E-state index in [-0.39, 0.29) is 0 Å². The number of rotatable bonds is 3. The Morgan fingerprint density at radius 1 is 0.917 bits per heavy atom. The highest BCUT2D eigenvalue weighted by Gasteiger charge is 2.58. The maximum atomic E-state index is 2.74. The first kappa shape index (κ1) is 17.4. The summed E-state index contributed by atoms with van der Waals surface area (Å²) in [4.78, 5) is 0. The Labute approximate surface area is 151 Å². The molecule has 0 radical (unpaired) electrons. The summed E-state index contributed by atoms with van der Waals surface area (Å²) in [5.41, 5.74) is 1.39. The van der Waals surface area contributed by atoms with Crippen LogP contribution in [-0.2, 0) is 0 Å². The molecule has 0 bridgehead atoms. The molecule has 0 heteroatoms. The van der Waals surface area contributed by atoms with Crippen LogP contribution < -0.4 is 0 Å². The van der Waals surface area contributed by atoms with Crippen molar-refractivity contribution in [2.75, 3.05) is 0 Å². The quantitative estimate of drug-likeness (QED) is 0.503. The van der Waals surface area contributed by atoms with Crippen molar-refractivity contribution in [2.24, 2.45) is 46.3 Å². The highest BCUT2D eigenvalue weighted by molar-refractivity contribution is 5.08. The van der Waals surface area contributed by atoms with Gasteiger partial charge in [-0.1, -0.05) is 47.0 Å². The van der Waals surface area contributed by atoms with E-state index >= 15 is 0 Å². The third-order valence-corrected chi connectivity index (χ3v) is 10.1. The molecule has 0 saturated heterocycles. The minimum absolute atomic E-state index is 0.687. The molecule has 0 aliphatic heterocycles. The van der Waals surface area contributed by atoms with E-state index in [1.165, 1.54) is 25.7 Å². The van der Waals surface area contributed by atoms with Crippen molar-refractivity contribution in [3.8, 4) is 0 Å². The van der Waals surface area contributed by atoms with Gasteiger partial charge in [-0.2, -0.15) is 0 Å². The maximum Gasteiger partial charge on any atom is -0.0266 e. The summed E-state index contributed by atoms with van der Waals surface area (Å²) < 4.78 is 0. The molecule has 0 heterocycles. The van der Waals surface area contributed by atoms with Gasteiger partial charge in [-0.15, -0.1) is 0 Å². The number of hydrogen-bond acceptors (Lipinski definition) is 0. The van der Waals surface area contributed by atoms with E-state index in [2.05, 4.69) is 27.7 Å². The van der Waals surface area contributed by atoms with Gasteiger partial charge in [0.15, 0.2) is 0 Å². The van der Waals surface area contributed by atoms with Crippen LogP contribution in [0.15, 0.2) is 0 Å². The molecule has 4 aliphatic rings. The molecule has 4 rings (SSSR count). The van der Waals surface area contributed by atoms with E-state index in [1.807, 2.05) is 0 Å². The van der Waals surface area contributed by atoms with Crippen LogP contribution in [0.3, 0.4) is 0 Å². The highest BCUT2D eigenvalue weighted by Crippen LogP contribution is 2.67. The summed E-state index contributed by atoms with van der Waals surface area (Å²) >= 11 is 0. The minimum Gasteiger partial charge on any atom is -0.0651 e. The molecule has 0 aromatic rings. The van der Waals surface area contributed by atoms with E-state index < -0.39 is 0 Å². The molecule has 8 atom stereocenters. The zero-order valence-electron chi connectivity index (χ0n) is 16.9. The lowest BCUT2D eigenvalue weighted by molar-refractivity contribution is -0.106. The van der Waals surface area contributed by atoms with Crippen LogP contribution in [0.25, 0.3) is 0 Å². The lowest BCUT2D eigenvalue weighted by atomic mass is 9.45. The van der Waals surface area contributed by atoms with Crippen molar-refractivity contribution >= 4 is 0 Å². The molecule has 4 aliphatic carbocycles. The Morgan fingerprint density at radius 3 is 2.50 bits per heavy atom. The van der Waals surface area contributed by atoms with Crippen molar-refractivity contribution in [1.29, 1.82) is 0 Å². The van der Waals surface area contributed by atoms with Gasteiger partial charge < -0.3 is 0 Å². The largest absolute Gasteiger partial charge is 0.0651 e. The minimum atomic E-state index is 0.687. The molecular weight excluding hydrogens is 288 g/mol. The third kappa shape index (κ3) is 2.61. The maximum absolute atomic E-state index is 2.74. The first-order valence-corrected chi connectivity index (χ1v) is 11.5. The Bertz CT molecular complexity index is 453. The topological polar surface area (TPSA) is 0 Å². The molecule has 24 heavy (non-hydrogen) atoms. The van der Waals surface area contributed by atoms with E-state index in [1.54, 1.807) is 51.4 Å². The molecule has 0 amide bonds. The first-order valence-electron chi connectivity index (χ1n) is 11.5. The van der Waals surface area contributed by atoms with E-state index in [0.29, 0.717) is 10.8 Å². The van der Waals surface area contributed by atoms with E-state index in [9.17, 15) is 0 Å². The molecular formula is C24H42. The van der Waals surface area contributed by atoms with Gasteiger partial charge >= 0.3 is 0 Å². The summed E-state index contributed by atoms with van der Waals surface area (Å²) in [5.74, 6) is 6.26. The smallest absolute Gasteiger partial charge is 0.0266 e. The predicted molar refractivity (Wildman–Crippen MR) is 104 cm³/mol. The first-order chi connectivity index (χ1) is 11.5. The van der Waals surface area contributed by atoms with Crippen LogP contribution in [0, 0.1) is 46.3 Å². The van der Waals surface area contributed by atoms with Crippen molar-refractivity contribution in [3.63, 3.8) is 0 Å². The summed E-state index contributed by atoms with van der Waals surface area (Å²) in [6.45, 7) is 10.4. The lowest BCUT2D eigenvalue weighted by Gasteiger charge is -2.60. The molecule has 4 fully saturated rings. The lowest BCUT2D eigenvalue weighted by Crippen LogP contribution is -2.52. The Balaban J connectivity index is 1.57. The molecule has 3 unspecified atom stereocenters. The summed E-state index contributed by atoms with van der Waals surface area (Å²) in [6, 6.07) is 0. The predicted octanol–water partition coefficient (Wildman–Crippen LogP) is 7.47. The molecule has 0 aromatic heterocycles. The fourth-order valence-electron chi connectivity index (χ4n) is 8.22. The van der Waals surface area contributed by atoms with Crippen LogP contribution in [0.1, 0.15) is 105 Å². The molecule has 138 valence electrons. The molecule has 0 N–H and O–H groups in total. The van der Waals surface area contributed by atoms with E-state index in [4.69, 9.17) is 0 Å². The summed E-state index contributed by atoms with van der Waals surface area (Å²) in [5, 5.41) is 0. The fourth-order valence-corrected chi connectivity index (χ4v) is 8.22. The molecule has 0 spiro atoms. The standard InChI is InChI=1S/C24H42/c1-5-17(2)14-20-11-12-21-15-18-9-10-19-8-6-7-13-23(19,3)22(18)16-24(20,21)4/h17-22H,5-16H2,1-4H3/t17-,18?,19+,20?,21-,22?,23+,24-/m1/s1. The average molecular weight is 331 g/mol. The second-order valence-corrected chi connectivity index (χ2v) is 11.1. The zero-order valence-corrected chi connectivity index (χ0v) is 16.9. The van der Waals surface area contributed by atoms with Crippen LogP contribution >= 0.6 is 0 Å². The molecule has 0 aromatic carbocycles. The Morgan fingerprint density at radius 2 is 1.71 bits per heavy atom. The highest BCUT2D eigenvalue weighted by atomic mass is 14.6. The zero-order chi connectivity index (χ0) is 16.9. The van der Waals surface area contributed by atoms with Gasteiger partial charge in [-0.25, -0.2) is 0 Å². The fraction of sp³-hybridized carbons (Fsp3) is 1.00. The van der Waals surface area contributed by atoms with Crippen LogP contribution in [0.2, 0.25) is 0 Å². The van der Waals surface area contributed by atoms with Crippen LogP contribution in [-0.4, -0.2) is 0 Å². The monoisotopic (exact) mass is 330 g/mol. The average Bonchev–Trinajstić information content (AvgIpc) is 2.88. The number of hydrogen-bond donors (Lipinski definition) is 0. The van der Waals surface area contributed by atoms with Crippen molar-refractivity contribution < 1.29 is 0 Å². The summed E-state index contributed by atoms with van der Waals surface area (Å²) in [6.07, 6.45) is 18.5. The van der Waals surface area contributed by atoms with Gasteiger partial charge in [0, 0.05) is 0 Å². The molecule has 4 saturated carbocycles. The van der Waals surface area contributed by atoms with Crippen molar-refractivity contribution in [3.05, 3.63) is 0 Å². The van der Waals surface area contributed by atoms with Gasteiger partial charge in [-0.05, 0) is 104 Å². The normalized spacial score (nSPS) is 52.2. The molecule has 0 nitrogen and oxygen atoms in total. The summed E-state index contributed by atoms with van der Waals surface area (Å²) in [7, 11) is 0. The van der Waals surface area contributed by atoms with Gasteiger partial charge in [0.1, 0.15) is 0 Å². The van der Waals surface area contributed by atoms with Crippen LogP contribution in [0.5, 0.6) is 0 Å². The van der Waals surface area contributed by atoms with Crippen LogP contribution in [0.4, 0.5) is 0 Å². The van der Waals surface area contributed by atoms with Gasteiger partial charge in [0.25, 0.3) is 0 Å². The van der Waals surface area contributed by atoms with Gasteiger partial charge in [-0.3, -0.25) is 0 Å².